The van der Waals surface area contributed by atoms with E-state index in [0.717, 1.165) is 38.1 Å². The van der Waals surface area contributed by atoms with Crippen molar-refractivity contribution in [2.45, 2.75) is 52.3 Å². The maximum absolute atomic E-state index is 11.2. The highest BCUT2D eigenvalue weighted by atomic mass is 16.5. The fourth-order valence-electron chi connectivity index (χ4n) is 4.68. The Morgan fingerprint density at radius 3 is 2.91 bits per heavy atom. The van der Waals surface area contributed by atoms with Crippen molar-refractivity contribution in [2.75, 3.05) is 13.2 Å². The highest BCUT2D eigenvalue weighted by Gasteiger charge is 2.60. The summed E-state index contributed by atoms with van der Waals surface area (Å²) in [5.74, 6) is -0.235. The molecule has 0 amide bonds. The third-order valence-electron chi connectivity index (χ3n) is 5.50. The zero-order valence-electron chi connectivity index (χ0n) is 14.3. The van der Waals surface area contributed by atoms with Crippen molar-refractivity contribution in [1.82, 2.24) is 4.90 Å². The molecule has 3 unspecified atom stereocenters. The lowest BCUT2D eigenvalue weighted by Crippen LogP contribution is -2.66. The SMILES string of the molecule is CCCN(Cc1cccc(C(=O)O)c1)C1C2CCOC2C1(C)C. The summed E-state index contributed by atoms with van der Waals surface area (Å²) in [4.78, 5) is 13.7. The Labute approximate surface area is 138 Å². The summed E-state index contributed by atoms with van der Waals surface area (Å²) in [5.41, 5.74) is 1.62. The van der Waals surface area contributed by atoms with Gasteiger partial charge in [0.05, 0.1) is 11.7 Å². The van der Waals surface area contributed by atoms with Crippen LogP contribution in [0.3, 0.4) is 0 Å². The molecule has 3 rings (SSSR count). The standard InChI is InChI=1S/C19H27NO3/c1-4-9-20(12-13-6-5-7-14(11-13)18(21)22)16-15-8-10-23-17(15)19(16,2)3/h5-7,11,15-17H,4,8-10,12H2,1-3H3,(H,21,22). The summed E-state index contributed by atoms with van der Waals surface area (Å²) in [7, 11) is 0. The number of ether oxygens (including phenoxy) is 1. The number of carboxylic acids is 1. The van der Waals surface area contributed by atoms with Gasteiger partial charge < -0.3 is 9.84 Å². The molecule has 4 nitrogen and oxygen atoms in total. The minimum absolute atomic E-state index is 0.167. The third-order valence-corrected chi connectivity index (χ3v) is 5.50. The molecular formula is C19H27NO3. The Morgan fingerprint density at radius 2 is 2.22 bits per heavy atom. The lowest BCUT2D eigenvalue weighted by atomic mass is 9.56. The summed E-state index contributed by atoms with van der Waals surface area (Å²) in [6, 6.07) is 7.85. The minimum Gasteiger partial charge on any atom is -0.478 e. The summed E-state index contributed by atoms with van der Waals surface area (Å²) in [6.07, 6.45) is 2.63. The normalized spacial score (nSPS) is 28.4. The van der Waals surface area contributed by atoms with Gasteiger partial charge in [0.1, 0.15) is 0 Å². The van der Waals surface area contributed by atoms with E-state index in [-0.39, 0.29) is 5.41 Å². The number of rotatable bonds is 6. The molecule has 0 aromatic heterocycles. The van der Waals surface area contributed by atoms with E-state index in [1.54, 1.807) is 12.1 Å². The molecule has 1 aromatic carbocycles. The van der Waals surface area contributed by atoms with Gasteiger partial charge in [-0.15, -0.1) is 0 Å². The lowest BCUT2D eigenvalue weighted by Gasteiger charge is -2.58. The van der Waals surface area contributed by atoms with Crippen LogP contribution in [0, 0.1) is 11.3 Å². The van der Waals surface area contributed by atoms with Crippen LogP contribution in [0.1, 0.15) is 49.5 Å². The molecule has 0 radical (unpaired) electrons. The molecule has 1 saturated heterocycles. The second kappa shape index (κ2) is 6.25. The van der Waals surface area contributed by atoms with Gasteiger partial charge in [0.2, 0.25) is 0 Å². The van der Waals surface area contributed by atoms with Crippen LogP contribution in [0.5, 0.6) is 0 Å². The van der Waals surface area contributed by atoms with E-state index >= 15 is 0 Å². The molecule has 0 spiro atoms. The fourth-order valence-corrected chi connectivity index (χ4v) is 4.68. The number of fused-ring (bicyclic) bond motifs is 1. The van der Waals surface area contributed by atoms with E-state index in [9.17, 15) is 9.90 Å². The molecule has 1 aromatic rings. The van der Waals surface area contributed by atoms with Gasteiger partial charge in [-0.1, -0.05) is 32.9 Å². The topological polar surface area (TPSA) is 49.8 Å². The number of hydrogen-bond acceptors (Lipinski definition) is 3. The first-order valence-corrected chi connectivity index (χ1v) is 8.63. The molecule has 23 heavy (non-hydrogen) atoms. The molecular weight excluding hydrogens is 290 g/mol. The maximum atomic E-state index is 11.2. The smallest absolute Gasteiger partial charge is 0.335 e. The summed E-state index contributed by atoms with van der Waals surface area (Å²) in [6.45, 7) is 9.54. The van der Waals surface area contributed by atoms with Crippen LogP contribution in [-0.2, 0) is 11.3 Å². The molecule has 1 saturated carbocycles. The molecule has 1 aliphatic heterocycles. The summed E-state index contributed by atoms with van der Waals surface area (Å²) < 4.78 is 5.92. The molecule has 3 atom stereocenters. The Hall–Kier alpha value is -1.39. The summed E-state index contributed by atoms with van der Waals surface area (Å²) >= 11 is 0. The Morgan fingerprint density at radius 1 is 1.43 bits per heavy atom. The monoisotopic (exact) mass is 317 g/mol. The van der Waals surface area contributed by atoms with Crippen molar-refractivity contribution in [1.29, 1.82) is 0 Å². The number of benzene rings is 1. The van der Waals surface area contributed by atoms with Crippen molar-refractivity contribution in [3.63, 3.8) is 0 Å². The van der Waals surface area contributed by atoms with Crippen LogP contribution in [0.2, 0.25) is 0 Å². The van der Waals surface area contributed by atoms with Gasteiger partial charge in [0, 0.05) is 30.5 Å². The Kier molecular flexibility index (Phi) is 4.47. The highest BCUT2D eigenvalue weighted by Crippen LogP contribution is 2.54. The quantitative estimate of drug-likeness (QED) is 0.873. The van der Waals surface area contributed by atoms with Gasteiger partial charge in [0.25, 0.3) is 0 Å². The van der Waals surface area contributed by atoms with Crippen molar-refractivity contribution >= 4 is 5.97 Å². The van der Waals surface area contributed by atoms with E-state index in [1.807, 2.05) is 12.1 Å². The van der Waals surface area contributed by atoms with Crippen LogP contribution < -0.4 is 0 Å². The predicted octanol–water partition coefficient (Wildman–Crippen LogP) is 3.41. The number of aromatic carboxylic acids is 1. The minimum atomic E-state index is -0.859. The second-order valence-corrected chi connectivity index (χ2v) is 7.49. The van der Waals surface area contributed by atoms with Crippen molar-refractivity contribution < 1.29 is 14.6 Å². The van der Waals surface area contributed by atoms with Gasteiger partial charge in [-0.25, -0.2) is 4.79 Å². The molecule has 4 heteroatoms. The van der Waals surface area contributed by atoms with E-state index in [4.69, 9.17) is 4.74 Å². The Balaban J connectivity index is 1.80. The average molecular weight is 317 g/mol. The van der Waals surface area contributed by atoms with Gasteiger partial charge in [-0.05, 0) is 37.1 Å². The highest BCUT2D eigenvalue weighted by molar-refractivity contribution is 5.87. The zero-order chi connectivity index (χ0) is 16.6. The van der Waals surface area contributed by atoms with Gasteiger partial charge in [-0.2, -0.15) is 0 Å². The molecule has 0 bridgehead atoms. The van der Waals surface area contributed by atoms with Crippen LogP contribution in [0.15, 0.2) is 24.3 Å². The van der Waals surface area contributed by atoms with Gasteiger partial charge in [-0.3, -0.25) is 4.90 Å². The number of hydrogen-bond donors (Lipinski definition) is 1. The third kappa shape index (κ3) is 2.90. The fraction of sp³-hybridized carbons (Fsp3) is 0.632. The molecule has 1 N–H and O–H groups in total. The van der Waals surface area contributed by atoms with E-state index in [2.05, 4.69) is 25.7 Å². The Bertz CT molecular complexity index is 584. The number of nitrogens with zero attached hydrogens (tertiary/aromatic N) is 1. The molecule has 2 fully saturated rings. The van der Waals surface area contributed by atoms with Crippen LogP contribution in [0.4, 0.5) is 0 Å². The molecule has 2 aliphatic rings. The molecule has 1 heterocycles. The van der Waals surface area contributed by atoms with Crippen molar-refractivity contribution in [3.8, 4) is 0 Å². The van der Waals surface area contributed by atoms with E-state index in [1.165, 1.54) is 0 Å². The second-order valence-electron chi connectivity index (χ2n) is 7.49. The first-order chi connectivity index (χ1) is 10.9. The molecule has 126 valence electrons. The van der Waals surface area contributed by atoms with Crippen LogP contribution in [-0.4, -0.2) is 41.3 Å². The average Bonchev–Trinajstić information content (AvgIpc) is 2.94. The van der Waals surface area contributed by atoms with Crippen molar-refractivity contribution in [2.24, 2.45) is 11.3 Å². The maximum Gasteiger partial charge on any atom is 0.335 e. The van der Waals surface area contributed by atoms with E-state index in [0.29, 0.717) is 23.6 Å². The van der Waals surface area contributed by atoms with Crippen molar-refractivity contribution in [3.05, 3.63) is 35.4 Å². The largest absolute Gasteiger partial charge is 0.478 e. The number of carbonyl (C=O) groups is 1. The van der Waals surface area contributed by atoms with Gasteiger partial charge >= 0.3 is 5.97 Å². The number of carboxylic acid groups (broad SMARTS) is 1. The first kappa shape index (κ1) is 16.5. The van der Waals surface area contributed by atoms with Crippen LogP contribution in [0.25, 0.3) is 0 Å². The van der Waals surface area contributed by atoms with E-state index < -0.39 is 5.97 Å². The predicted molar refractivity (Wildman–Crippen MR) is 89.5 cm³/mol. The van der Waals surface area contributed by atoms with Gasteiger partial charge in [0.15, 0.2) is 0 Å². The summed E-state index contributed by atoms with van der Waals surface area (Å²) in [5, 5.41) is 9.19. The first-order valence-electron chi connectivity index (χ1n) is 8.63. The van der Waals surface area contributed by atoms with Crippen LogP contribution >= 0.6 is 0 Å². The lowest BCUT2D eigenvalue weighted by molar-refractivity contribution is -0.157. The molecule has 1 aliphatic carbocycles. The zero-order valence-corrected chi connectivity index (χ0v) is 14.3.